The highest BCUT2D eigenvalue weighted by atomic mass is 19.1. The Morgan fingerprint density at radius 3 is 2.92 bits per heavy atom. The van der Waals surface area contributed by atoms with E-state index in [-0.39, 0.29) is 31.5 Å². The molecule has 0 saturated heterocycles. The molecule has 0 amide bonds. The smallest absolute Gasteiger partial charge is 0.222 e. The number of nitrogens with one attached hydrogen (secondary N) is 1. The van der Waals surface area contributed by atoms with Crippen molar-refractivity contribution in [2.45, 2.75) is 13.2 Å². The van der Waals surface area contributed by atoms with Crippen LogP contribution in [-0.4, -0.2) is 21.7 Å². The summed E-state index contributed by atoms with van der Waals surface area (Å²) < 4.78 is 26.0. The van der Waals surface area contributed by atoms with Crippen molar-refractivity contribution in [3.05, 3.63) is 52.2 Å². The highest BCUT2D eigenvalue weighted by Crippen LogP contribution is 2.41. The second kappa shape index (κ2) is 6.28. The Bertz CT molecular complexity index is 1020. The predicted octanol–water partition coefficient (Wildman–Crippen LogP) is 3.60. The summed E-state index contributed by atoms with van der Waals surface area (Å²) in [6.45, 7) is 0.300. The number of ether oxygens (including phenoxy) is 2. The standard InChI is InChI=1S/C17H14FN3O5/c18-11-3-9(16-10(4-11)7-25-8-26-16)6-21-14-5-12(19-23)1-2-13(14)15(20-24)17(21)22/h1-5,19,22-23H,6-8H2. The molecule has 134 valence electrons. The highest BCUT2D eigenvalue weighted by Gasteiger charge is 2.22. The second-order valence-electron chi connectivity index (χ2n) is 5.86. The normalized spacial score (nSPS) is 13.3. The molecule has 0 atom stereocenters. The average molecular weight is 359 g/mol. The number of anilines is 1. The van der Waals surface area contributed by atoms with Crippen LogP contribution >= 0.6 is 0 Å². The molecule has 0 saturated carbocycles. The molecule has 2 heterocycles. The fourth-order valence-electron chi connectivity index (χ4n) is 3.18. The summed E-state index contributed by atoms with van der Waals surface area (Å²) in [4.78, 5) is 11.2. The number of hydrogen-bond acceptors (Lipinski definition) is 7. The first-order valence-electron chi connectivity index (χ1n) is 7.73. The van der Waals surface area contributed by atoms with Crippen LogP contribution < -0.4 is 10.2 Å². The number of nitrogens with zero attached hydrogens (tertiary/aromatic N) is 2. The SMILES string of the molecule is O=Nc1c(O)n(Cc2cc(F)cc3c2OCOC3)c2cc(NO)ccc12. The first kappa shape index (κ1) is 16.3. The van der Waals surface area contributed by atoms with Crippen LogP contribution in [0.1, 0.15) is 11.1 Å². The van der Waals surface area contributed by atoms with E-state index in [2.05, 4.69) is 5.18 Å². The van der Waals surface area contributed by atoms with E-state index < -0.39 is 5.82 Å². The minimum Gasteiger partial charge on any atom is -0.493 e. The first-order chi connectivity index (χ1) is 12.6. The molecule has 2 aromatic carbocycles. The first-order valence-corrected chi connectivity index (χ1v) is 7.73. The third kappa shape index (κ3) is 2.54. The van der Waals surface area contributed by atoms with Crippen LogP contribution in [0, 0.1) is 10.7 Å². The maximum Gasteiger partial charge on any atom is 0.222 e. The number of hydrogen-bond donors (Lipinski definition) is 3. The van der Waals surface area contributed by atoms with Gasteiger partial charge in [-0.15, -0.1) is 4.91 Å². The van der Waals surface area contributed by atoms with E-state index >= 15 is 0 Å². The number of fused-ring (bicyclic) bond motifs is 2. The summed E-state index contributed by atoms with van der Waals surface area (Å²) in [7, 11) is 0. The fraction of sp³-hybridized carbons (Fsp3) is 0.176. The monoisotopic (exact) mass is 359 g/mol. The van der Waals surface area contributed by atoms with Gasteiger partial charge in [-0.3, -0.25) is 10.7 Å². The van der Waals surface area contributed by atoms with E-state index in [4.69, 9.17) is 14.7 Å². The number of aromatic hydroxyl groups is 1. The molecule has 26 heavy (non-hydrogen) atoms. The van der Waals surface area contributed by atoms with E-state index in [0.717, 1.165) is 0 Å². The van der Waals surface area contributed by atoms with Crippen molar-refractivity contribution in [2.75, 3.05) is 12.3 Å². The molecular formula is C17H14FN3O5. The molecule has 8 nitrogen and oxygen atoms in total. The summed E-state index contributed by atoms with van der Waals surface area (Å²) in [6, 6.07) is 7.26. The molecule has 1 aromatic heterocycles. The molecule has 0 spiro atoms. The van der Waals surface area contributed by atoms with Crippen LogP contribution in [0.15, 0.2) is 35.5 Å². The van der Waals surface area contributed by atoms with Crippen LogP contribution in [0.5, 0.6) is 11.6 Å². The van der Waals surface area contributed by atoms with Gasteiger partial charge in [0.1, 0.15) is 11.6 Å². The van der Waals surface area contributed by atoms with E-state index in [1.54, 1.807) is 12.1 Å². The maximum absolute atomic E-state index is 14.0. The van der Waals surface area contributed by atoms with E-state index in [0.29, 0.717) is 33.5 Å². The summed E-state index contributed by atoms with van der Waals surface area (Å²) in [5.74, 6) is -0.332. The molecule has 3 aromatic rings. The molecule has 1 aliphatic rings. The molecule has 0 aliphatic carbocycles. The van der Waals surface area contributed by atoms with E-state index in [1.165, 1.54) is 22.8 Å². The predicted molar refractivity (Wildman–Crippen MR) is 90.3 cm³/mol. The van der Waals surface area contributed by atoms with Crippen molar-refractivity contribution in [1.82, 2.24) is 4.57 Å². The van der Waals surface area contributed by atoms with Gasteiger partial charge in [0, 0.05) is 16.5 Å². The Morgan fingerprint density at radius 2 is 2.15 bits per heavy atom. The van der Waals surface area contributed by atoms with Gasteiger partial charge in [0.25, 0.3) is 0 Å². The second-order valence-corrected chi connectivity index (χ2v) is 5.86. The van der Waals surface area contributed by atoms with Crippen LogP contribution in [0.4, 0.5) is 15.8 Å². The van der Waals surface area contributed by atoms with Crippen molar-refractivity contribution in [3.63, 3.8) is 0 Å². The Hall–Kier alpha value is -3.17. The molecule has 4 rings (SSSR count). The molecule has 9 heteroatoms. The van der Waals surface area contributed by atoms with Crippen LogP contribution in [0.25, 0.3) is 10.9 Å². The van der Waals surface area contributed by atoms with E-state index in [1.807, 2.05) is 5.48 Å². The number of rotatable bonds is 4. The third-order valence-electron chi connectivity index (χ3n) is 4.31. The zero-order valence-corrected chi connectivity index (χ0v) is 13.4. The minimum absolute atomic E-state index is 0.0346. The highest BCUT2D eigenvalue weighted by molar-refractivity contribution is 5.96. The number of benzene rings is 2. The van der Waals surface area contributed by atoms with Crippen LogP contribution in [0.3, 0.4) is 0 Å². The number of halogens is 1. The lowest BCUT2D eigenvalue weighted by atomic mass is 10.1. The molecular weight excluding hydrogens is 345 g/mol. The largest absolute Gasteiger partial charge is 0.493 e. The van der Waals surface area contributed by atoms with E-state index in [9.17, 15) is 14.4 Å². The lowest BCUT2D eigenvalue weighted by molar-refractivity contribution is -0.0173. The summed E-state index contributed by atoms with van der Waals surface area (Å²) in [6.07, 6.45) is 0. The molecule has 0 radical (unpaired) electrons. The lowest BCUT2D eigenvalue weighted by Crippen LogP contribution is -2.14. The Kier molecular flexibility index (Phi) is 3.94. The number of aromatic nitrogens is 1. The maximum atomic E-state index is 14.0. The topological polar surface area (TPSA) is 105 Å². The van der Waals surface area contributed by atoms with Gasteiger partial charge in [-0.25, -0.2) is 4.39 Å². The van der Waals surface area contributed by atoms with Gasteiger partial charge in [0.05, 0.1) is 24.4 Å². The zero-order valence-electron chi connectivity index (χ0n) is 13.4. The van der Waals surface area contributed by atoms with Gasteiger partial charge in [-0.05, 0) is 35.5 Å². The zero-order chi connectivity index (χ0) is 18.3. The fourth-order valence-corrected chi connectivity index (χ4v) is 3.18. The minimum atomic E-state index is -0.463. The van der Waals surface area contributed by atoms with Gasteiger partial charge in [0.2, 0.25) is 5.88 Å². The molecule has 0 unspecified atom stereocenters. The summed E-state index contributed by atoms with van der Waals surface area (Å²) >= 11 is 0. The molecule has 1 aliphatic heterocycles. The number of nitroso groups, excluding NO2 is 1. The average Bonchev–Trinajstić information content (AvgIpc) is 2.92. The third-order valence-corrected chi connectivity index (χ3v) is 4.31. The van der Waals surface area contributed by atoms with Crippen molar-refractivity contribution in [3.8, 4) is 11.6 Å². The molecule has 0 fully saturated rings. The van der Waals surface area contributed by atoms with Gasteiger partial charge >= 0.3 is 0 Å². The van der Waals surface area contributed by atoms with Crippen LogP contribution in [-0.2, 0) is 17.9 Å². The van der Waals surface area contributed by atoms with Gasteiger partial charge in [-0.1, -0.05) is 0 Å². The molecule has 0 bridgehead atoms. The summed E-state index contributed by atoms with van der Waals surface area (Å²) in [5, 5.41) is 22.9. The van der Waals surface area contributed by atoms with Crippen molar-refractivity contribution >= 4 is 22.3 Å². The van der Waals surface area contributed by atoms with Crippen molar-refractivity contribution in [1.29, 1.82) is 0 Å². The summed E-state index contributed by atoms with van der Waals surface area (Å²) in [5.41, 5.74) is 3.74. The lowest BCUT2D eigenvalue weighted by Gasteiger charge is -2.21. The molecule has 3 N–H and O–H groups in total. The van der Waals surface area contributed by atoms with Crippen LogP contribution in [0.2, 0.25) is 0 Å². The van der Waals surface area contributed by atoms with Crippen molar-refractivity contribution < 1.29 is 24.2 Å². The van der Waals surface area contributed by atoms with Crippen molar-refractivity contribution in [2.24, 2.45) is 5.18 Å². The van der Waals surface area contributed by atoms with Gasteiger partial charge in [-0.2, -0.15) is 0 Å². The quantitative estimate of drug-likeness (QED) is 0.486. The Labute approximate surface area is 146 Å². The Morgan fingerprint density at radius 1 is 1.31 bits per heavy atom. The van der Waals surface area contributed by atoms with Gasteiger partial charge < -0.3 is 19.1 Å². The Balaban J connectivity index is 1.89. The van der Waals surface area contributed by atoms with Gasteiger partial charge in [0.15, 0.2) is 12.5 Å².